The lowest BCUT2D eigenvalue weighted by molar-refractivity contribution is 0.0798. The van der Waals surface area contributed by atoms with E-state index in [1.807, 2.05) is 28.8 Å². The standard InChI is InChI=1S/C18H22N4O/c1-2-15-19-16(14-5-3-4-6-22(14)15)17(23)20-18-7-12-9-21(11-18)10-13(12)8-18/h3-6,12-13H,2,7-11H2,1H3,(H,20,23). The zero-order valence-corrected chi connectivity index (χ0v) is 13.5. The lowest BCUT2D eigenvalue weighted by Gasteiger charge is -2.40. The Hall–Kier alpha value is -1.88. The Morgan fingerprint density at radius 2 is 2.13 bits per heavy atom. The summed E-state index contributed by atoms with van der Waals surface area (Å²) in [6, 6.07) is 5.94. The van der Waals surface area contributed by atoms with Crippen LogP contribution in [0.5, 0.6) is 0 Å². The van der Waals surface area contributed by atoms with Gasteiger partial charge in [0.05, 0.1) is 11.1 Å². The van der Waals surface area contributed by atoms with Crippen molar-refractivity contribution in [2.75, 3.05) is 19.6 Å². The molecular weight excluding hydrogens is 288 g/mol. The van der Waals surface area contributed by atoms with Gasteiger partial charge in [0.15, 0.2) is 5.69 Å². The zero-order chi connectivity index (χ0) is 15.6. The van der Waals surface area contributed by atoms with Gasteiger partial charge in [-0.1, -0.05) is 13.0 Å². The van der Waals surface area contributed by atoms with Gasteiger partial charge in [0.2, 0.25) is 0 Å². The molecule has 2 unspecified atom stereocenters. The number of amides is 1. The molecule has 3 aliphatic heterocycles. The topological polar surface area (TPSA) is 49.6 Å². The second-order valence-corrected chi connectivity index (χ2v) is 7.54. The van der Waals surface area contributed by atoms with Crippen molar-refractivity contribution in [2.45, 2.75) is 31.7 Å². The second kappa shape index (κ2) is 4.57. The summed E-state index contributed by atoms with van der Waals surface area (Å²) in [4.78, 5) is 20.1. The summed E-state index contributed by atoms with van der Waals surface area (Å²) in [6.45, 7) is 5.55. The van der Waals surface area contributed by atoms with Crippen molar-refractivity contribution in [2.24, 2.45) is 11.8 Å². The van der Waals surface area contributed by atoms with Gasteiger partial charge < -0.3 is 14.6 Å². The van der Waals surface area contributed by atoms with Gasteiger partial charge in [0, 0.05) is 32.3 Å². The molecule has 120 valence electrons. The summed E-state index contributed by atoms with van der Waals surface area (Å²) >= 11 is 0. The van der Waals surface area contributed by atoms with E-state index in [4.69, 9.17) is 0 Å². The molecule has 1 aliphatic carbocycles. The molecule has 5 heterocycles. The van der Waals surface area contributed by atoms with Crippen molar-refractivity contribution < 1.29 is 4.79 Å². The third-order valence-electron chi connectivity index (χ3n) is 6.02. The van der Waals surface area contributed by atoms with Gasteiger partial charge in [0.1, 0.15) is 5.82 Å². The van der Waals surface area contributed by atoms with Crippen LogP contribution >= 0.6 is 0 Å². The molecule has 5 heteroatoms. The summed E-state index contributed by atoms with van der Waals surface area (Å²) in [5, 5.41) is 3.37. The molecule has 5 nitrogen and oxygen atoms in total. The van der Waals surface area contributed by atoms with Crippen molar-refractivity contribution in [3.8, 4) is 0 Å². The molecule has 1 N–H and O–H groups in total. The van der Waals surface area contributed by atoms with Crippen molar-refractivity contribution in [1.29, 1.82) is 0 Å². The molecule has 2 aromatic heterocycles. The maximum absolute atomic E-state index is 13.0. The highest BCUT2D eigenvalue weighted by molar-refractivity contribution is 5.99. The largest absolute Gasteiger partial charge is 0.344 e. The first-order valence-electron chi connectivity index (χ1n) is 8.68. The Morgan fingerprint density at radius 1 is 1.35 bits per heavy atom. The van der Waals surface area contributed by atoms with E-state index in [1.165, 1.54) is 13.1 Å². The van der Waals surface area contributed by atoms with Crippen LogP contribution in [-0.2, 0) is 6.42 Å². The van der Waals surface area contributed by atoms with E-state index in [2.05, 4.69) is 22.1 Å². The highest BCUT2D eigenvalue weighted by atomic mass is 16.2. The molecule has 2 atom stereocenters. The minimum atomic E-state index is -0.0139. The van der Waals surface area contributed by atoms with Gasteiger partial charge in [-0.25, -0.2) is 4.98 Å². The molecule has 0 radical (unpaired) electrons. The van der Waals surface area contributed by atoms with E-state index in [9.17, 15) is 4.79 Å². The highest BCUT2D eigenvalue weighted by Crippen LogP contribution is 2.49. The molecular formula is C18H22N4O. The fraction of sp³-hybridized carbons (Fsp3) is 0.556. The number of hydrogen-bond acceptors (Lipinski definition) is 3. The summed E-state index contributed by atoms with van der Waals surface area (Å²) < 4.78 is 2.03. The van der Waals surface area contributed by atoms with Crippen LogP contribution in [0, 0.1) is 11.8 Å². The van der Waals surface area contributed by atoms with Crippen LogP contribution in [0.2, 0.25) is 0 Å². The highest BCUT2D eigenvalue weighted by Gasteiger charge is 2.55. The van der Waals surface area contributed by atoms with E-state index < -0.39 is 0 Å². The first kappa shape index (κ1) is 13.5. The van der Waals surface area contributed by atoms with E-state index in [1.54, 1.807) is 0 Å². The minimum absolute atomic E-state index is 0.00319. The van der Waals surface area contributed by atoms with Gasteiger partial charge in [0.25, 0.3) is 5.91 Å². The van der Waals surface area contributed by atoms with Gasteiger partial charge >= 0.3 is 0 Å². The van der Waals surface area contributed by atoms with Gasteiger partial charge in [-0.2, -0.15) is 0 Å². The fourth-order valence-corrected chi connectivity index (χ4v) is 5.23. The van der Waals surface area contributed by atoms with Crippen LogP contribution in [0.1, 0.15) is 36.1 Å². The Morgan fingerprint density at radius 3 is 2.83 bits per heavy atom. The van der Waals surface area contributed by atoms with Crippen LogP contribution in [-0.4, -0.2) is 45.4 Å². The van der Waals surface area contributed by atoms with Crippen molar-refractivity contribution in [3.63, 3.8) is 0 Å². The SMILES string of the molecule is CCc1nc(C(=O)NC23CC4CN(CC4C2)C3)c2ccccn12. The summed E-state index contributed by atoms with van der Waals surface area (Å²) in [6.07, 6.45) is 5.10. The predicted octanol–water partition coefficient (Wildman–Crippen LogP) is 1.72. The van der Waals surface area contributed by atoms with Gasteiger partial charge in [-0.05, 0) is 36.8 Å². The van der Waals surface area contributed by atoms with E-state index in [-0.39, 0.29) is 11.4 Å². The van der Waals surface area contributed by atoms with Gasteiger partial charge in [-0.3, -0.25) is 4.79 Å². The average molecular weight is 310 g/mol. The first-order chi connectivity index (χ1) is 11.2. The van der Waals surface area contributed by atoms with Crippen molar-refractivity contribution in [3.05, 3.63) is 35.9 Å². The quantitative estimate of drug-likeness (QED) is 0.939. The van der Waals surface area contributed by atoms with E-state index >= 15 is 0 Å². The molecule has 2 aromatic rings. The average Bonchev–Trinajstić information content (AvgIpc) is 3.12. The first-order valence-corrected chi connectivity index (χ1v) is 8.68. The zero-order valence-electron chi connectivity index (χ0n) is 13.5. The van der Waals surface area contributed by atoms with Crippen LogP contribution < -0.4 is 5.32 Å². The number of fused-ring (bicyclic) bond motifs is 1. The van der Waals surface area contributed by atoms with Crippen molar-refractivity contribution >= 4 is 11.4 Å². The molecule has 1 amide bonds. The number of aryl methyl sites for hydroxylation is 1. The van der Waals surface area contributed by atoms with E-state index in [0.717, 1.165) is 49.0 Å². The monoisotopic (exact) mass is 310 g/mol. The number of hydrogen-bond donors (Lipinski definition) is 1. The Balaban J connectivity index is 1.48. The fourth-order valence-electron chi connectivity index (χ4n) is 5.23. The van der Waals surface area contributed by atoms with Crippen LogP contribution in [0.4, 0.5) is 0 Å². The van der Waals surface area contributed by atoms with Crippen LogP contribution in [0.25, 0.3) is 5.52 Å². The third kappa shape index (κ3) is 1.89. The maximum Gasteiger partial charge on any atom is 0.272 e. The molecule has 1 saturated carbocycles. The lowest BCUT2D eigenvalue weighted by atomic mass is 9.90. The number of pyridine rings is 1. The summed E-state index contributed by atoms with van der Waals surface area (Å²) in [7, 11) is 0. The number of nitrogens with one attached hydrogen (secondary N) is 1. The van der Waals surface area contributed by atoms with Crippen LogP contribution in [0.3, 0.4) is 0 Å². The number of carbonyl (C=O) groups excluding carboxylic acids is 1. The number of rotatable bonds is 3. The molecule has 6 rings (SSSR count). The molecule has 0 spiro atoms. The number of piperidine rings is 2. The molecule has 4 bridgehead atoms. The lowest BCUT2D eigenvalue weighted by Crippen LogP contribution is -2.58. The molecule has 4 aliphatic rings. The molecule has 3 saturated heterocycles. The Kier molecular flexibility index (Phi) is 2.69. The number of nitrogens with zero attached hydrogens (tertiary/aromatic N) is 3. The number of imidazole rings is 1. The second-order valence-electron chi connectivity index (χ2n) is 7.54. The smallest absolute Gasteiger partial charge is 0.272 e. The van der Waals surface area contributed by atoms with Gasteiger partial charge in [-0.15, -0.1) is 0 Å². The summed E-state index contributed by atoms with van der Waals surface area (Å²) in [5.41, 5.74) is 1.48. The number of carbonyl (C=O) groups is 1. The Labute approximate surface area is 135 Å². The maximum atomic E-state index is 13.0. The predicted molar refractivity (Wildman–Crippen MR) is 87.4 cm³/mol. The normalized spacial score (nSPS) is 34.4. The number of aromatic nitrogens is 2. The Bertz CT molecular complexity index is 776. The minimum Gasteiger partial charge on any atom is -0.344 e. The van der Waals surface area contributed by atoms with Crippen LogP contribution in [0.15, 0.2) is 24.4 Å². The molecule has 23 heavy (non-hydrogen) atoms. The molecule has 0 aromatic carbocycles. The molecule has 4 fully saturated rings. The third-order valence-corrected chi connectivity index (χ3v) is 6.02. The summed E-state index contributed by atoms with van der Waals surface area (Å²) in [5.74, 6) is 2.52. The van der Waals surface area contributed by atoms with E-state index in [0.29, 0.717) is 5.69 Å². The van der Waals surface area contributed by atoms with Crippen molar-refractivity contribution in [1.82, 2.24) is 19.6 Å².